The number of rotatable bonds is 9. The Kier molecular flexibility index (Phi) is 10.6. The number of benzene rings is 9. The van der Waals surface area contributed by atoms with Gasteiger partial charge in [0.25, 0.3) is 0 Å². The van der Waals surface area contributed by atoms with Crippen LogP contribution in [0.2, 0.25) is 0 Å². The first-order chi connectivity index (χ1) is 39.1. The van der Waals surface area contributed by atoms with Gasteiger partial charge in [-0.25, -0.2) is 0 Å². The molecule has 9 aromatic carbocycles. The largest absolute Gasteiger partial charge is 0.311 e. The molecule has 3 heterocycles. The Morgan fingerprint density at radius 1 is 0.432 bits per heavy atom. The van der Waals surface area contributed by atoms with Crippen molar-refractivity contribution in [3.05, 3.63) is 268 Å². The summed E-state index contributed by atoms with van der Waals surface area (Å²) < 4.78 is 2.65. The van der Waals surface area contributed by atoms with E-state index in [1.807, 2.05) is 0 Å². The van der Waals surface area contributed by atoms with Crippen LogP contribution < -0.4 is 9.80 Å². The number of fused-ring (bicyclic) bond motifs is 6. The fourth-order valence-electron chi connectivity index (χ4n) is 15.4. The summed E-state index contributed by atoms with van der Waals surface area (Å²) in [4.78, 5) is 4.85. The van der Waals surface area contributed by atoms with Crippen molar-refractivity contribution in [1.29, 1.82) is 0 Å². The van der Waals surface area contributed by atoms with E-state index in [9.17, 15) is 0 Å². The zero-order chi connectivity index (χ0) is 55.5. The molecule has 0 atom stereocenters. The van der Waals surface area contributed by atoms with Gasteiger partial charge in [-0.05, 0) is 201 Å². The van der Waals surface area contributed by atoms with Gasteiger partial charge in [-0.15, -0.1) is 0 Å². The minimum Gasteiger partial charge on any atom is -0.311 e. The Morgan fingerprint density at radius 2 is 0.975 bits per heavy atom. The van der Waals surface area contributed by atoms with Gasteiger partial charge in [0.15, 0.2) is 0 Å². The first-order valence-electron chi connectivity index (χ1n) is 29.4. The van der Waals surface area contributed by atoms with Crippen molar-refractivity contribution in [2.75, 3.05) is 9.80 Å². The lowest BCUT2D eigenvalue weighted by atomic mass is 9.68. The maximum Gasteiger partial charge on any atom is 0.0582 e. The van der Waals surface area contributed by atoms with Crippen molar-refractivity contribution in [3.8, 4) is 39.1 Å². The van der Waals surface area contributed by atoms with Crippen LogP contribution in [0.25, 0.3) is 66.4 Å². The number of anilines is 5. The minimum absolute atomic E-state index is 0.0309. The van der Waals surface area contributed by atoms with Crippen LogP contribution in [0.15, 0.2) is 224 Å². The number of aromatic nitrogens is 1. The van der Waals surface area contributed by atoms with Gasteiger partial charge in [0, 0.05) is 66.6 Å². The van der Waals surface area contributed by atoms with Crippen LogP contribution in [0.1, 0.15) is 127 Å². The fourth-order valence-corrected chi connectivity index (χ4v) is 15.4. The van der Waals surface area contributed by atoms with Gasteiger partial charge in [-0.3, -0.25) is 0 Å². The van der Waals surface area contributed by atoms with Crippen molar-refractivity contribution in [2.45, 2.75) is 104 Å². The maximum absolute atomic E-state index is 2.65. The molecular weight excluding hydrogens is 979 g/mol. The lowest BCUT2D eigenvalue weighted by molar-refractivity contribution is 0.594. The summed E-state index contributed by atoms with van der Waals surface area (Å²) in [6.45, 7) is 23.6. The monoisotopic (exact) mass is 1050 g/mol. The second-order valence-electron chi connectivity index (χ2n) is 25.5. The van der Waals surface area contributed by atoms with Gasteiger partial charge in [-0.2, -0.15) is 0 Å². The summed E-state index contributed by atoms with van der Waals surface area (Å²) >= 11 is 0. The van der Waals surface area contributed by atoms with E-state index in [2.05, 4.69) is 296 Å². The molecule has 1 aromatic heterocycles. The standard InChI is InChI=1S/C78H69N3/c1-11-21-52(12-2)79(57-38-40-60-58-24-16-18-26-64(58)76(5,6)69(60)47-57)54-34-30-48(31-35-54)50-42-62-63-43-51(45-71-73(63)81-72(62)70(44-50)77(7,8)67-28-20-29-68(74(67)81)78(71,9)10)49-32-36-55(37-33-49)80(53-22-14-13-15-23-53)56-39-41-66-61(46-56)59-25-17-19-27-65(59)75(66,3)4/h11-18,20-26,28-47H,19,27H2,1-10H3/b21-11-,52-12+. The van der Waals surface area contributed by atoms with Crippen molar-refractivity contribution < 1.29 is 0 Å². The first kappa shape index (κ1) is 49.4. The molecule has 0 unspecified atom stereocenters. The average molecular weight is 1050 g/mol. The van der Waals surface area contributed by atoms with E-state index in [-0.39, 0.29) is 21.7 Å². The zero-order valence-electron chi connectivity index (χ0n) is 48.5. The summed E-state index contributed by atoms with van der Waals surface area (Å²) in [5, 5.41) is 2.61. The third-order valence-electron chi connectivity index (χ3n) is 19.7. The van der Waals surface area contributed by atoms with Crippen molar-refractivity contribution in [2.24, 2.45) is 0 Å². The molecule has 2 aliphatic heterocycles. The Labute approximate surface area is 478 Å². The quantitative estimate of drug-likeness (QED) is 0.134. The number of allylic oxidation sites excluding steroid dienone is 7. The van der Waals surface area contributed by atoms with Crippen molar-refractivity contribution >= 4 is 55.8 Å². The van der Waals surface area contributed by atoms with Crippen LogP contribution >= 0.6 is 0 Å². The molecule has 5 aliphatic rings. The zero-order valence-corrected chi connectivity index (χ0v) is 48.5. The van der Waals surface area contributed by atoms with E-state index in [1.54, 1.807) is 5.57 Å². The first-order valence-corrected chi connectivity index (χ1v) is 29.4. The molecular formula is C78H69N3. The van der Waals surface area contributed by atoms with Gasteiger partial charge in [0.05, 0.1) is 16.7 Å². The maximum atomic E-state index is 2.65. The van der Waals surface area contributed by atoms with Gasteiger partial charge in [-0.1, -0.05) is 182 Å². The van der Waals surface area contributed by atoms with Gasteiger partial charge in [0.1, 0.15) is 0 Å². The van der Waals surface area contributed by atoms with E-state index in [0.29, 0.717) is 0 Å². The van der Waals surface area contributed by atoms with E-state index in [0.717, 1.165) is 41.3 Å². The van der Waals surface area contributed by atoms with E-state index in [1.165, 1.54) is 117 Å². The molecule has 3 aliphatic carbocycles. The van der Waals surface area contributed by atoms with Crippen molar-refractivity contribution in [3.63, 3.8) is 0 Å². The average Bonchev–Trinajstić information content (AvgIpc) is 4.03. The number of hydrogen-bond donors (Lipinski definition) is 0. The molecule has 0 bridgehead atoms. The molecule has 0 spiro atoms. The van der Waals surface area contributed by atoms with E-state index in [4.69, 9.17) is 0 Å². The second-order valence-corrected chi connectivity index (χ2v) is 25.5. The summed E-state index contributed by atoms with van der Waals surface area (Å²) in [6, 6.07) is 69.8. The molecule has 0 radical (unpaired) electrons. The van der Waals surface area contributed by atoms with Crippen LogP contribution in [-0.4, -0.2) is 4.57 Å². The van der Waals surface area contributed by atoms with Crippen LogP contribution in [0.3, 0.4) is 0 Å². The lowest BCUT2D eigenvalue weighted by Gasteiger charge is -2.42. The minimum atomic E-state index is -0.243. The fraction of sp³-hybridized carbons (Fsp3) is 0.205. The molecule has 10 aromatic rings. The molecule has 81 heavy (non-hydrogen) atoms. The third kappa shape index (κ3) is 6.94. The Morgan fingerprint density at radius 3 is 1.62 bits per heavy atom. The molecule has 0 saturated carbocycles. The Hall–Kier alpha value is -8.66. The van der Waals surface area contributed by atoms with Crippen LogP contribution in [0, 0.1) is 0 Å². The highest BCUT2D eigenvalue weighted by Crippen LogP contribution is 2.58. The SMILES string of the molecule is C/C=C\C(=C/C)N(c1ccc(-c2cc3c4c(c2)c2cc(-c5ccc(N(c6ccccc6)c6ccc7c(c6)C6=C(CCC=C6)C7(C)C)cc5)cc5c2n4-c2c(cccc2C5(C)C)C3(C)C)cc1)c1ccc2c(c1)C(C)(C)c1ccccc1-2. The Bertz CT molecular complexity index is 4450. The normalized spacial score (nSPS) is 17.0. The van der Waals surface area contributed by atoms with Gasteiger partial charge < -0.3 is 14.4 Å². The number of para-hydroxylation sites is 2. The Balaban J connectivity index is 0.862. The predicted octanol–water partition coefficient (Wildman–Crippen LogP) is 21.2. The highest BCUT2D eigenvalue weighted by atomic mass is 15.2. The molecule has 0 amide bonds. The molecule has 15 rings (SSSR count). The molecule has 3 heteroatoms. The number of hydrogen-bond acceptors (Lipinski definition) is 2. The molecule has 0 saturated heterocycles. The number of nitrogens with zero attached hydrogens (tertiary/aromatic N) is 3. The summed E-state index contributed by atoms with van der Waals surface area (Å²) in [5.74, 6) is 0. The van der Waals surface area contributed by atoms with E-state index >= 15 is 0 Å². The molecule has 396 valence electrons. The lowest BCUT2D eigenvalue weighted by Crippen LogP contribution is -2.33. The van der Waals surface area contributed by atoms with Gasteiger partial charge in [0.2, 0.25) is 0 Å². The highest BCUT2D eigenvalue weighted by Gasteiger charge is 2.44. The van der Waals surface area contributed by atoms with Crippen LogP contribution in [-0.2, 0) is 21.7 Å². The topological polar surface area (TPSA) is 11.4 Å². The summed E-state index contributed by atoms with van der Waals surface area (Å²) in [7, 11) is 0. The smallest absolute Gasteiger partial charge is 0.0582 e. The second kappa shape index (κ2) is 17.4. The molecule has 3 nitrogen and oxygen atoms in total. The predicted molar refractivity (Wildman–Crippen MR) is 344 cm³/mol. The van der Waals surface area contributed by atoms with Crippen molar-refractivity contribution in [1.82, 2.24) is 4.57 Å². The molecule has 0 fully saturated rings. The summed E-state index contributed by atoms with van der Waals surface area (Å²) in [5.41, 5.74) is 32.0. The van der Waals surface area contributed by atoms with Gasteiger partial charge >= 0.3 is 0 Å². The van der Waals surface area contributed by atoms with Crippen LogP contribution in [0.4, 0.5) is 28.4 Å². The third-order valence-corrected chi connectivity index (χ3v) is 19.7. The highest BCUT2D eigenvalue weighted by molar-refractivity contribution is 6.16. The molecule has 0 N–H and O–H groups in total. The van der Waals surface area contributed by atoms with Crippen LogP contribution in [0.5, 0.6) is 0 Å². The summed E-state index contributed by atoms with van der Waals surface area (Å²) in [6.07, 6.45) is 13.6. The van der Waals surface area contributed by atoms with E-state index < -0.39 is 0 Å².